The van der Waals surface area contributed by atoms with Crippen LogP contribution in [0.15, 0.2) is 77.7 Å². The molecule has 0 saturated carbocycles. The predicted octanol–water partition coefficient (Wildman–Crippen LogP) is 4.97. The second kappa shape index (κ2) is 13.4. The van der Waals surface area contributed by atoms with Gasteiger partial charge in [0.1, 0.15) is 18.4 Å². The molecule has 9 heteroatoms. The second-order valence-corrected chi connectivity index (χ2v) is 11.4. The van der Waals surface area contributed by atoms with E-state index in [2.05, 4.69) is 5.32 Å². The quantitative estimate of drug-likeness (QED) is 0.321. The maximum atomic E-state index is 13.9. The fraction of sp³-hybridized carbons (Fsp3) is 0.333. The number of halogens is 1. The molecule has 1 atom stereocenters. The summed E-state index contributed by atoms with van der Waals surface area (Å²) in [6.07, 6.45) is 1.69. The van der Waals surface area contributed by atoms with Gasteiger partial charge in [0.25, 0.3) is 10.0 Å². The van der Waals surface area contributed by atoms with Gasteiger partial charge in [0.15, 0.2) is 0 Å². The van der Waals surface area contributed by atoms with Gasteiger partial charge in [0.05, 0.1) is 10.6 Å². The summed E-state index contributed by atoms with van der Waals surface area (Å²) in [5.41, 5.74) is 2.63. The molecular formula is C30H36FN3O4S. The summed E-state index contributed by atoms with van der Waals surface area (Å²) in [5.74, 6) is -1.32. The van der Waals surface area contributed by atoms with Crippen LogP contribution in [0.1, 0.15) is 43.4 Å². The van der Waals surface area contributed by atoms with E-state index in [-0.39, 0.29) is 17.3 Å². The topological polar surface area (TPSA) is 86.8 Å². The number of carbonyl (C=O) groups excluding carboxylic acids is 2. The summed E-state index contributed by atoms with van der Waals surface area (Å²) in [7, 11) is -4.12. The first-order chi connectivity index (χ1) is 18.5. The van der Waals surface area contributed by atoms with Gasteiger partial charge in [0, 0.05) is 13.1 Å². The van der Waals surface area contributed by atoms with Gasteiger partial charge < -0.3 is 10.2 Å². The normalized spacial score (nSPS) is 12.0. The molecule has 0 aromatic heterocycles. The van der Waals surface area contributed by atoms with E-state index in [9.17, 15) is 22.4 Å². The predicted molar refractivity (Wildman–Crippen MR) is 151 cm³/mol. The van der Waals surface area contributed by atoms with Crippen molar-refractivity contribution in [2.75, 3.05) is 17.4 Å². The lowest BCUT2D eigenvalue weighted by atomic mass is 10.1. The molecule has 3 rings (SSSR count). The Balaban J connectivity index is 2.01. The SMILES string of the molecule is CCCCNC(=O)[C@H](C)N(Cc1ccc(F)cc1)C(=O)CN(c1ccc(C)cc1C)S(=O)(=O)c1ccccc1. The molecule has 7 nitrogen and oxygen atoms in total. The van der Waals surface area contributed by atoms with Gasteiger partial charge in [-0.2, -0.15) is 0 Å². The number of amides is 2. The summed E-state index contributed by atoms with van der Waals surface area (Å²) in [6.45, 7) is 7.27. The van der Waals surface area contributed by atoms with Gasteiger partial charge in [0.2, 0.25) is 11.8 Å². The van der Waals surface area contributed by atoms with Crippen molar-refractivity contribution in [1.82, 2.24) is 10.2 Å². The first-order valence-corrected chi connectivity index (χ1v) is 14.4. The average Bonchev–Trinajstić information content (AvgIpc) is 2.91. The molecule has 39 heavy (non-hydrogen) atoms. The van der Waals surface area contributed by atoms with Crippen molar-refractivity contribution < 1.29 is 22.4 Å². The molecule has 208 valence electrons. The summed E-state index contributed by atoms with van der Waals surface area (Å²) < 4.78 is 42.3. The van der Waals surface area contributed by atoms with E-state index in [1.165, 1.54) is 29.2 Å². The van der Waals surface area contributed by atoms with Crippen molar-refractivity contribution >= 4 is 27.5 Å². The number of rotatable bonds is 12. The van der Waals surface area contributed by atoms with Crippen LogP contribution in [0.5, 0.6) is 0 Å². The van der Waals surface area contributed by atoms with Gasteiger partial charge in [-0.05, 0) is 68.7 Å². The highest BCUT2D eigenvalue weighted by Gasteiger charge is 2.33. The van der Waals surface area contributed by atoms with E-state index in [1.54, 1.807) is 56.3 Å². The van der Waals surface area contributed by atoms with Gasteiger partial charge in [-0.25, -0.2) is 12.8 Å². The number of hydrogen-bond donors (Lipinski definition) is 1. The zero-order chi connectivity index (χ0) is 28.6. The van der Waals surface area contributed by atoms with Gasteiger partial charge in [-0.15, -0.1) is 0 Å². The molecule has 0 fully saturated rings. The van der Waals surface area contributed by atoms with Crippen LogP contribution in [0.25, 0.3) is 0 Å². The Morgan fingerprint density at radius 1 is 0.974 bits per heavy atom. The maximum absolute atomic E-state index is 13.9. The number of sulfonamides is 1. The molecule has 1 N–H and O–H groups in total. The Labute approximate surface area is 230 Å². The molecule has 3 aromatic carbocycles. The number of benzene rings is 3. The molecule has 3 aromatic rings. The molecular weight excluding hydrogens is 517 g/mol. The molecule has 2 amide bonds. The number of hydrogen-bond acceptors (Lipinski definition) is 4. The van der Waals surface area contributed by atoms with Crippen LogP contribution in [0.3, 0.4) is 0 Å². The Morgan fingerprint density at radius 2 is 1.64 bits per heavy atom. The molecule has 0 bridgehead atoms. The van der Waals surface area contributed by atoms with E-state index in [0.29, 0.717) is 23.4 Å². The summed E-state index contributed by atoms with van der Waals surface area (Å²) >= 11 is 0. The molecule has 0 radical (unpaired) electrons. The zero-order valence-electron chi connectivity index (χ0n) is 22.9. The third kappa shape index (κ3) is 7.66. The number of nitrogens with zero attached hydrogens (tertiary/aromatic N) is 2. The van der Waals surface area contributed by atoms with E-state index in [4.69, 9.17) is 0 Å². The summed E-state index contributed by atoms with van der Waals surface area (Å²) in [5, 5.41) is 2.85. The first kappa shape index (κ1) is 29.8. The molecule has 0 spiro atoms. The highest BCUT2D eigenvalue weighted by molar-refractivity contribution is 7.92. The van der Waals surface area contributed by atoms with E-state index in [0.717, 1.165) is 22.7 Å². The molecule has 0 saturated heterocycles. The Morgan fingerprint density at radius 3 is 2.26 bits per heavy atom. The Hall–Kier alpha value is -3.72. The number of unbranched alkanes of at least 4 members (excludes halogenated alkanes) is 1. The van der Waals surface area contributed by atoms with Gasteiger partial charge in [-0.1, -0.05) is 61.4 Å². The summed E-state index contributed by atoms with van der Waals surface area (Å²) in [6, 6.07) is 18.0. The molecule has 0 aliphatic carbocycles. The first-order valence-electron chi connectivity index (χ1n) is 13.0. The smallest absolute Gasteiger partial charge is 0.264 e. The fourth-order valence-corrected chi connectivity index (χ4v) is 5.72. The summed E-state index contributed by atoms with van der Waals surface area (Å²) in [4.78, 5) is 28.3. The van der Waals surface area contributed by atoms with Crippen LogP contribution in [-0.4, -0.2) is 44.3 Å². The lowest BCUT2D eigenvalue weighted by molar-refractivity contribution is -0.139. The van der Waals surface area contributed by atoms with Crippen LogP contribution >= 0.6 is 0 Å². The largest absolute Gasteiger partial charge is 0.354 e. The van der Waals surface area contributed by atoms with Crippen LogP contribution in [-0.2, 0) is 26.2 Å². The fourth-order valence-electron chi connectivity index (χ4n) is 4.22. The van der Waals surface area contributed by atoms with E-state index in [1.807, 2.05) is 19.9 Å². The molecule has 0 aliphatic rings. The van der Waals surface area contributed by atoms with Gasteiger partial charge in [-0.3, -0.25) is 13.9 Å². The monoisotopic (exact) mass is 553 g/mol. The lowest BCUT2D eigenvalue weighted by Crippen LogP contribution is -2.51. The van der Waals surface area contributed by atoms with Crippen LogP contribution in [0, 0.1) is 19.7 Å². The minimum Gasteiger partial charge on any atom is -0.354 e. The van der Waals surface area contributed by atoms with Crippen molar-refractivity contribution in [1.29, 1.82) is 0 Å². The highest BCUT2D eigenvalue weighted by Crippen LogP contribution is 2.28. The number of anilines is 1. The number of carbonyl (C=O) groups is 2. The van der Waals surface area contributed by atoms with Crippen molar-refractivity contribution in [2.45, 2.75) is 58.0 Å². The van der Waals surface area contributed by atoms with Crippen molar-refractivity contribution in [2.24, 2.45) is 0 Å². The highest BCUT2D eigenvalue weighted by atomic mass is 32.2. The van der Waals surface area contributed by atoms with Crippen molar-refractivity contribution in [3.63, 3.8) is 0 Å². The van der Waals surface area contributed by atoms with Crippen LogP contribution in [0.2, 0.25) is 0 Å². The number of nitrogens with one attached hydrogen (secondary N) is 1. The van der Waals surface area contributed by atoms with E-state index < -0.39 is 34.3 Å². The Bertz CT molecular complexity index is 1380. The molecule has 0 heterocycles. The van der Waals surface area contributed by atoms with Gasteiger partial charge >= 0.3 is 0 Å². The minimum absolute atomic E-state index is 0.00752. The van der Waals surface area contributed by atoms with Crippen molar-refractivity contribution in [3.8, 4) is 0 Å². The second-order valence-electron chi connectivity index (χ2n) is 9.58. The lowest BCUT2D eigenvalue weighted by Gasteiger charge is -2.32. The number of aryl methyl sites for hydroxylation is 2. The van der Waals surface area contributed by atoms with Crippen LogP contribution in [0.4, 0.5) is 10.1 Å². The van der Waals surface area contributed by atoms with Crippen molar-refractivity contribution in [3.05, 3.63) is 95.3 Å². The average molecular weight is 554 g/mol. The Kier molecular flexibility index (Phi) is 10.2. The molecule has 0 aliphatic heterocycles. The minimum atomic E-state index is -4.12. The zero-order valence-corrected chi connectivity index (χ0v) is 23.7. The third-order valence-corrected chi connectivity index (χ3v) is 8.27. The maximum Gasteiger partial charge on any atom is 0.264 e. The standard InChI is InChI=1S/C30H36FN3O4S/c1-5-6-18-32-30(36)24(4)33(20-25-13-15-26(31)16-14-25)29(35)21-34(28-17-12-22(2)19-23(28)3)39(37,38)27-10-8-7-9-11-27/h7-17,19,24H,5-6,18,20-21H2,1-4H3,(H,32,36)/t24-/m0/s1. The van der Waals surface area contributed by atoms with E-state index >= 15 is 0 Å². The van der Waals surface area contributed by atoms with Crippen LogP contribution < -0.4 is 9.62 Å². The third-order valence-electron chi connectivity index (χ3n) is 6.49. The molecule has 0 unspecified atom stereocenters.